The molecule has 2 aliphatic heterocycles. The predicted octanol–water partition coefficient (Wildman–Crippen LogP) is 2.06. The van der Waals surface area contributed by atoms with E-state index in [4.69, 9.17) is 0 Å². The summed E-state index contributed by atoms with van der Waals surface area (Å²) in [5.74, 6) is -0.597. The van der Waals surface area contributed by atoms with Gasteiger partial charge in [-0.3, -0.25) is 14.5 Å². The van der Waals surface area contributed by atoms with E-state index in [9.17, 15) is 18.0 Å². The second-order valence-electron chi connectivity index (χ2n) is 8.66. The van der Waals surface area contributed by atoms with Crippen molar-refractivity contribution in [3.05, 3.63) is 24.3 Å². The van der Waals surface area contributed by atoms with E-state index in [0.29, 0.717) is 37.9 Å². The predicted molar refractivity (Wildman–Crippen MR) is 125 cm³/mol. The van der Waals surface area contributed by atoms with Crippen LogP contribution in [0.25, 0.3) is 0 Å². The van der Waals surface area contributed by atoms with Crippen molar-refractivity contribution in [1.82, 2.24) is 14.5 Å². The molecule has 0 aromatic heterocycles. The monoisotopic (exact) mass is 464 g/mol. The summed E-state index contributed by atoms with van der Waals surface area (Å²) in [6.45, 7) is 9.45. The van der Waals surface area contributed by atoms with Crippen LogP contribution in [0.15, 0.2) is 29.2 Å². The molecule has 2 saturated heterocycles. The number of benzene rings is 1. The minimum Gasteiger partial charge on any atom is -0.355 e. The Balaban J connectivity index is 1.56. The van der Waals surface area contributed by atoms with E-state index in [1.54, 1.807) is 30.9 Å². The number of anilines is 1. The highest BCUT2D eigenvalue weighted by Gasteiger charge is 2.35. The van der Waals surface area contributed by atoms with Crippen LogP contribution < -0.4 is 10.2 Å². The molecular formula is C23H36N4O4S. The molecule has 2 amide bonds. The van der Waals surface area contributed by atoms with E-state index in [1.807, 2.05) is 0 Å². The summed E-state index contributed by atoms with van der Waals surface area (Å²) in [7, 11) is -3.54. The summed E-state index contributed by atoms with van der Waals surface area (Å²) in [5, 5.41) is 3.00. The molecule has 1 aromatic rings. The molecule has 9 heteroatoms. The molecule has 8 nitrogen and oxygen atoms in total. The zero-order chi connectivity index (χ0) is 23.3. The molecule has 2 heterocycles. The lowest BCUT2D eigenvalue weighted by Crippen LogP contribution is -2.43. The van der Waals surface area contributed by atoms with Crippen molar-refractivity contribution in [2.75, 3.05) is 44.2 Å². The van der Waals surface area contributed by atoms with Crippen molar-refractivity contribution < 1.29 is 18.0 Å². The van der Waals surface area contributed by atoms with Crippen LogP contribution in [-0.4, -0.2) is 74.7 Å². The summed E-state index contributed by atoms with van der Waals surface area (Å²) in [5.41, 5.74) is 0.617. The molecule has 0 bridgehead atoms. The zero-order valence-electron chi connectivity index (χ0n) is 19.4. The van der Waals surface area contributed by atoms with Gasteiger partial charge in [-0.05, 0) is 50.6 Å². The van der Waals surface area contributed by atoms with E-state index >= 15 is 0 Å². The molecule has 1 N–H and O–H groups in total. The van der Waals surface area contributed by atoms with Crippen LogP contribution in [0.3, 0.4) is 0 Å². The van der Waals surface area contributed by atoms with Crippen molar-refractivity contribution in [1.29, 1.82) is 0 Å². The summed E-state index contributed by atoms with van der Waals surface area (Å²) in [6.07, 6.45) is 3.85. The molecule has 2 fully saturated rings. The van der Waals surface area contributed by atoms with Gasteiger partial charge in [0, 0.05) is 50.9 Å². The molecule has 0 aliphatic carbocycles. The van der Waals surface area contributed by atoms with Crippen LogP contribution in [0.1, 0.15) is 46.5 Å². The highest BCUT2D eigenvalue weighted by Crippen LogP contribution is 2.27. The minimum absolute atomic E-state index is 0.0914. The molecular weight excluding hydrogens is 428 g/mol. The van der Waals surface area contributed by atoms with Gasteiger partial charge in [0.2, 0.25) is 21.8 Å². The number of hydrogen-bond acceptors (Lipinski definition) is 5. The molecule has 0 saturated carbocycles. The van der Waals surface area contributed by atoms with Gasteiger partial charge in [-0.2, -0.15) is 4.31 Å². The zero-order valence-corrected chi connectivity index (χ0v) is 20.2. The molecule has 2 atom stereocenters. The number of rotatable bonds is 9. The van der Waals surface area contributed by atoms with Crippen LogP contribution >= 0.6 is 0 Å². The first-order chi connectivity index (χ1) is 15.3. The number of nitrogens with one attached hydrogen (secondary N) is 1. The van der Waals surface area contributed by atoms with Gasteiger partial charge < -0.3 is 10.2 Å². The van der Waals surface area contributed by atoms with E-state index in [0.717, 1.165) is 13.1 Å². The minimum atomic E-state index is -3.54. The van der Waals surface area contributed by atoms with Gasteiger partial charge in [0.15, 0.2) is 0 Å². The first-order valence-corrected chi connectivity index (χ1v) is 13.1. The lowest BCUT2D eigenvalue weighted by molar-refractivity contribution is -0.126. The number of sulfonamides is 1. The second-order valence-corrected chi connectivity index (χ2v) is 10.6. The van der Waals surface area contributed by atoms with Crippen molar-refractivity contribution in [2.24, 2.45) is 5.92 Å². The van der Waals surface area contributed by atoms with Gasteiger partial charge >= 0.3 is 0 Å². The van der Waals surface area contributed by atoms with E-state index in [1.165, 1.54) is 35.7 Å². The Hall–Kier alpha value is -1.97. The molecule has 0 spiro atoms. The summed E-state index contributed by atoms with van der Waals surface area (Å²) < 4.78 is 26.7. The van der Waals surface area contributed by atoms with E-state index in [-0.39, 0.29) is 29.0 Å². The van der Waals surface area contributed by atoms with Gasteiger partial charge in [0.25, 0.3) is 0 Å². The fourth-order valence-corrected chi connectivity index (χ4v) is 6.06. The van der Waals surface area contributed by atoms with Crippen molar-refractivity contribution in [2.45, 2.75) is 57.4 Å². The van der Waals surface area contributed by atoms with Crippen molar-refractivity contribution in [3.8, 4) is 0 Å². The lowest BCUT2D eigenvalue weighted by atomic mass is 10.0. The Bertz CT molecular complexity index is 899. The van der Waals surface area contributed by atoms with Crippen LogP contribution in [0.2, 0.25) is 0 Å². The van der Waals surface area contributed by atoms with Gasteiger partial charge in [0.1, 0.15) is 0 Å². The van der Waals surface area contributed by atoms with Gasteiger partial charge in [-0.15, -0.1) is 0 Å². The first-order valence-electron chi connectivity index (χ1n) is 11.7. The maximum Gasteiger partial charge on any atom is 0.243 e. The number of amides is 2. The maximum absolute atomic E-state index is 12.7. The number of piperidine rings is 1. The third-order valence-electron chi connectivity index (χ3n) is 6.63. The van der Waals surface area contributed by atoms with Crippen LogP contribution in [0, 0.1) is 5.92 Å². The largest absolute Gasteiger partial charge is 0.355 e. The Morgan fingerprint density at radius 3 is 2.47 bits per heavy atom. The number of likely N-dealkylation sites (tertiary alicyclic amines) is 1. The van der Waals surface area contributed by atoms with Gasteiger partial charge in [-0.1, -0.05) is 20.3 Å². The standard InChI is InChI=1S/C23H36N4O4S/c1-4-26(5-2)32(30,31)21-11-9-20(10-12-21)27-17-19(16-22(27)28)23(29)24-13-15-25-14-7-6-8-18(25)3/h9-12,18-19H,4-8,13-17H2,1-3H3,(H,24,29)/t18-,19-/m1/s1. The quantitative estimate of drug-likeness (QED) is 0.604. The van der Waals surface area contributed by atoms with E-state index < -0.39 is 10.0 Å². The number of carbonyl (C=O) groups is 2. The Labute approximate surface area is 192 Å². The molecule has 1 aromatic carbocycles. The van der Waals surface area contributed by atoms with Crippen LogP contribution in [0.4, 0.5) is 5.69 Å². The molecule has 2 aliphatic rings. The van der Waals surface area contributed by atoms with Crippen LogP contribution in [0.5, 0.6) is 0 Å². The Kier molecular flexibility index (Phi) is 8.30. The maximum atomic E-state index is 12.7. The van der Waals surface area contributed by atoms with E-state index in [2.05, 4.69) is 17.1 Å². The fourth-order valence-electron chi connectivity index (χ4n) is 4.60. The summed E-state index contributed by atoms with van der Waals surface area (Å²) >= 11 is 0. The van der Waals surface area contributed by atoms with Gasteiger partial charge in [0.05, 0.1) is 10.8 Å². The fraction of sp³-hybridized carbons (Fsp3) is 0.652. The smallest absolute Gasteiger partial charge is 0.243 e. The third-order valence-corrected chi connectivity index (χ3v) is 8.69. The SMILES string of the molecule is CCN(CC)S(=O)(=O)c1ccc(N2C[C@H](C(=O)NCCN3CCCC[C@H]3C)CC2=O)cc1. The summed E-state index contributed by atoms with van der Waals surface area (Å²) in [6, 6.07) is 6.91. The highest BCUT2D eigenvalue weighted by molar-refractivity contribution is 7.89. The third kappa shape index (κ3) is 5.50. The Morgan fingerprint density at radius 1 is 1.16 bits per heavy atom. The average molecular weight is 465 g/mol. The molecule has 178 valence electrons. The van der Waals surface area contributed by atoms with Crippen LogP contribution in [-0.2, 0) is 19.6 Å². The number of carbonyl (C=O) groups excluding carboxylic acids is 2. The first kappa shape index (κ1) is 24.7. The summed E-state index contributed by atoms with van der Waals surface area (Å²) in [4.78, 5) is 29.4. The second kappa shape index (κ2) is 10.8. The Morgan fingerprint density at radius 2 is 1.84 bits per heavy atom. The molecule has 0 unspecified atom stereocenters. The number of hydrogen-bond donors (Lipinski definition) is 1. The molecule has 32 heavy (non-hydrogen) atoms. The molecule has 3 rings (SSSR count). The average Bonchev–Trinajstić information content (AvgIpc) is 3.17. The lowest BCUT2D eigenvalue weighted by Gasteiger charge is -2.33. The van der Waals surface area contributed by atoms with Crippen molar-refractivity contribution >= 4 is 27.5 Å². The van der Waals surface area contributed by atoms with Gasteiger partial charge in [-0.25, -0.2) is 8.42 Å². The number of nitrogens with zero attached hydrogens (tertiary/aromatic N) is 3. The topological polar surface area (TPSA) is 90.0 Å². The van der Waals surface area contributed by atoms with Crippen molar-refractivity contribution in [3.63, 3.8) is 0 Å². The highest BCUT2D eigenvalue weighted by atomic mass is 32.2. The normalized spacial score (nSPS) is 22.5. The molecule has 0 radical (unpaired) electrons.